The van der Waals surface area contributed by atoms with E-state index in [1.54, 1.807) is 0 Å². The second-order valence-corrected chi connectivity index (χ2v) is 5.86. The van der Waals surface area contributed by atoms with Crippen molar-refractivity contribution < 1.29 is 4.79 Å². The summed E-state index contributed by atoms with van der Waals surface area (Å²) in [6, 6.07) is 7.94. The molecule has 1 atom stereocenters. The van der Waals surface area contributed by atoms with E-state index < -0.39 is 0 Å². The average Bonchev–Trinajstić information content (AvgIpc) is 2.85. The van der Waals surface area contributed by atoms with Crippen LogP contribution in [0.2, 0.25) is 5.02 Å². The predicted octanol–water partition coefficient (Wildman–Crippen LogP) is 3.84. The molecule has 0 radical (unpaired) electrons. The van der Waals surface area contributed by atoms with Gasteiger partial charge in [0.2, 0.25) is 0 Å². The molecule has 1 aliphatic rings. The highest BCUT2D eigenvalue weighted by molar-refractivity contribution is 6.31. The molecule has 0 saturated carbocycles. The molecular formula is C15H21ClN2O. The molecule has 19 heavy (non-hydrogen) atoms. The molecule has 1 aromatic carbocycles. The smallest absolute Gasteiger partial charge is 0.317 e. The minimum absolute atomic E-state index is 0.0242. The molecule has 3 nitrogen and oxygen atoms in total. The third-order valence-electron chi connectivity index (χ3n) is 3.44. The highest BCUT2D eigenvalue weighted by atomic mass is 35.5. The van der Waals surface area contributed by atoms with E-state index in [2.05, 4.69) is 19.2 Å². The molecule has 0 spiro atoms. The van der Waals surface area contributed by atoms with Crippen molar-refractivity contribution in [1.82, 2.24) is 10.2 Å². The zero-order valence-corrected chi connectivity index (χ0v) is 12.3. The first kappa shape index (κ1) is 14.2. The predicted molar refractivity (Wildman–Crippen MR) is 78.4 cm³/mol. The van der Waals surface area contributed by atoms with Crippen LogP contribution in [0, 0.1) is 5.92 Å². The monoisotopic (exact) mass is 280 g/mol. The van der Waals surface area contributed by atoms with Gasteiger partial charge in [0.25, 0.3) is 0 Å². The van der Waals surface area contributed by atoms with Crippen LogP contribution in [0.4, 0.5) is 4.79 Å². The molecule has 1 aromatic rings. The number of nitrogens with one attached hydrogen (secondary N) is 1. The molecule has 1 N–H and O–H groups in total. The number of urea groups is 1. The van der Waals surface area contributed by atoms with Crippen molar-refractivity contribution in [2.75, 3.05) is 13.1 Å². The summed E-state index contributed by atoms with van der Waals surface area (Å²) < 4.78 is 0. The SMILES string of the molecule is CC(C)CNC(=O)N1CCCC1c1ccccc1Cl. The molecular weight excluding hydrogens is 260 g/mol. The van der Waals surface area contributed by atoms with Crippen molar-refractivity contribution in [1.29, 1.82) is 0 Å². The standard InChI is InChI=1S/C15H21ClN2O/c1-11(2)10-17-15(19)18-9-5-8-14(18)12-6-3-4-7-13(12)16/h3-4,6-7,11,14H,5,8-10H2,1-2H3,(H,17,19). The van der Waals surface area contributed by atoms with Gasteiger partial charge < -0.3 is 10.2 Å². The first-order valence-corrected chi connectivity index (χ1v) is 7.26. The summed E-state index contributed by atoms with van der Waals surface area (Å²) >= 11 is 6.24. The summed E-state index contributed by atoms with van der Waals surface area (Å²) in [5.74, 6) is 0.463. The zero-order valence-electron chi connectivity index (χ0n) is 11.5. The van der Waals surface area contributed by atoms with Crippen molar-refractivity contribution in [3.63, 3.8) is 0 Å². The fourth-order valence-corrected chi connectivity index (χ4v) is 2.73. The first-order valence-electron chi connectivity index (χ1n) is 6.88. The van der Waals surface area contributed by atoms with Crippen LogP contribution in [0.25, 0.3) is 0 Å². The quantitative estimate of drug-likeness (QED) is 0.896. The summed E-state index contributed by atoms with van der Waals surface area (Å²) in [6.07, 6.45) is 2.02. The van der Waals surface area contributed by atoms with E-state index in [1.807, 2.05) is 29.2 Å². The highest BCUT2D eigenvalue weighted by Crippen LogP contribution is 2.35. The Morgan fingerprint density at radius 1 is 1.47 bits per heavy atom. The van der Waals surface area contributed by atoms with E-state index in [4.69, 9.17) is 11.6 Å². The van der Waals surface area contributed by atoms with Gasteiger partial charge in [0.1, 0.15) is 0 Å². The van der Waals surface area contributed by atoms with Crippen molar-refractivity contribution >= 4 is 17.6 Å². The van der Waals surface area contributed by atoms with Crippen molar-refractivity contribution in [2.45, 2.75) is 32.7 Å². The highest BCUT2D eigenvalue weighted by Gasteiger charge is 2.30. The van der Waals surface area contributed by atoms with E-state index in [0.29, 0.717) is 12.5 Å². The number of likely N-dealkylation sites (tertiary alicyclic amines) is 1. The fraction of sp³-hybridized carbons (Fsp3) is 0.533. The van der Waals surface area contributed by atoms with Crippen LogP contribution in [0.15, 0.2) is 24.3 Å². The summed E-state index contributed by atoms with van der Waals surface area (Å²) in [4.78, 5) is 14.1. The lowest BCUT2D eigenvalue weighted by molar-refractivity contribution is 0.192. The van der Waals surface area contributed by atoms with Crippen LogP contribution in [-0.4, -0.2) is 24.0 Å². The van der Waals surface area contributed by atoms with Crippen LogP contribution in [0.5, 0.6) is 0 Å². The van der Waals surface area contributed by atoms with Crippen molar-refractivity contribution in [2.24, 2.45) is 5.92 Å². The van der Waals surface area contributed by atoms with E-state index in [1.165, 1.54) is 0 Å². The number of nitrogens with zero attached hydrogens (tertiary/aromatic N) is 1. The Hall–Kier alpha value is -1.22. The molecule has 0 aliphatic carbocycles. The van der Waals surface area contributed by atoms with E-state index in [0.717, 1.165) is 30.0 Å². The Kier molecular flexibility index (Phi) is 4.70. The number of hydrogen-bond donors (Lipinski definition) is 1. The molecule has 1 saturated heterocycles. The molecule has 1 heterocycles. The Balaban J connectivity index is 2.09. The van der Waals surface area contributed by atoms with Gasteiger partial charge >= 0.3 is 6.03 Å². The molecule has 4 heteroatoms. The van der Waals surface area contributed by atoms with Crippen LogP contribution >= 0.6 is 11.6 Å². The Bertz CT molecular complexity index is 448. The number of halogens is 1. The number of carbonyl (C=O) groups excluding carboxylic acids is 1. The molecule has 104 valence electrons. The van der Waals surface area contributed by atoms with Gasteiger partial charge in [0.15, 0.2) is 0 Å². The van der Waals surface area contributed by atoms with Gasteiger partial charge in [-0.1, -0.05) is 43.6 Å². The van der Waals surface area contributed by atoms with Crippen LogP contribution in [-0.2, 0) is 0 Å². The van der Waals surface area contributed by atoms with E-state index >= 15 is 0 Å². The third kappa shape index (κ3) is 3.41. The van der Waals surface area contributed by atoms with E-state index in [9.17, 15) is 4.79 Å². The summed E-state index contributed by atoms with van der Waals surface area (Å²) in [5.41, 5.74) is 1.06. The molecule has 1 fully saturated rings. The molecule has 2 rings (SSSR count). The van der Waals surface area contributed by atoms with Gasteiger partial charge in [-0.15, -0.1) is 0 Å². The molecule has 1 aliphatic heterocycles. The summed E-state index contributed by atoms with van der Waals surface area (Å²) in [5, 5.41) is 3.73. The molecule has 0 bridgehead atoms. The topological polar surface area (TPSA) is 32.3 Å². The Morgan fingerprint density at radius 3 is 2.89 bits per heavy atom. The van der Waals surface area contributed by atoms with Gasteiger partial charge in [-0.25, -0.2) is 4.79 Å². The number of benzene rings is 1. The minimum Gasteiger partial charge on any atom is -0.338 e. The molecule has 1 unspecified atom stereocenters. The largest absolute Gasteiger partial charge is 0.338 e. The van der Waals surface area contributed by atoms with Gasteiger partial charge in [-0.2, -0.15) is 0 Å². The number of carbonyl (C=O) groups is 1. The lowest BCUT2D eigenvalue weighted by Gasteiger charge is -2.26. The second-order valence-electron chi connectivity index (χ2n) is 5.45. The summed E-state index contributed by atoms with van der Waals surface area (Å²) in [7, 11) is 0. The van der Waals surface area contributed by atoms with Crippen LogP contribution in [0.3, 0.4) is 0 Å². The summed E-state index contributed by atoms with van der Waals surface area (Å²) in [6.45, 7) is 5.70. The van der Waals surface area contributed by atoms with E-state index in [-0.39, 0.29) is 12.1 Å². The maximum Gasteiger partial charge on any atom is 0.317 e. The third-order valence-corrected chi connectivity index (χ3v) is 3.78. The maximum absolute atomic E-state index is 12.2. The molecule has 0 aromatic heterocycles. The average molecular weight is 281 g/mol. The van der Waals surface area contributed by atoms with Gasteiger partial charge in [0, 0.05) is 18.1 Å². The Morgan fingerprint density at radius 2 is 2.21 bits per heavy atom. The second kappa shape index (κ2) is 6.29. The number of hydrogen-bond acceptors (Lipinski definition) is 1. The maximum atomic E-state index is 12.2. The van der Waals surface area contributed by atoms with Gasteiger partial charge in [0.05, 0.1) is 6.04 Å². The fourth-order valence-electron chi connectivity index (χ4n) is 2.47. The normalized spacial score (nSPS) is 18.9. The lowest BCUT2D eigenvalue weighted by atomic mass is 10.0. The zero-order chi connectivity index (χ0) is 13.8. The first-order chi connectivity index (χ1) is 9.09. The lowest BCUT2D eigenvalue weighted by Crippen LogP contribution is -2.40. The number of amides is 2. The molecule has 2 amide bonds. The van der Waals surface area contributed by atoms with Crippen LogP contribution in [0.1, 0.15) is 38.3 Å². The Labute approximate surface area is 119 Å². The van der Waals surface area contributed by atoms with Crippen molar-refractivity contribution in [3.05, 3.63) is 34.9 Å². The van der Waals surface area contributed by atoms with Gasteiger partial charge in [-0.05, 0) is 30.4 Å². The van der Waals surface area contributed by atoms with Gasteiger partial charge in [-0.3, -0.25) is 0 Å². The minimum atomic E-state index is 0.0242. The van der Waals surface area contributed by atoms with Crippen molar-refractivity contribution in [3.8, 4) is 0 Å². The number of rotatable bonds is 3. The van der Waals surface area contributed by atoms with Crippen LogP contribution < -0.4 is 5.32 Å².